The van der Waals surface area contributed by atoms with Gasteiger partial charge in [-0.1, -0.05) is 48.5 Å². The number of nitrogen functional groups attached to an aromatic ring is 1. The van der Waals surface area contributed by atoms with Gasteiger partial charge in [-0.3, -0.25) is 9.32 Å². The van der Waals surface area contributed by atoms with E-state index in [0.29, 0.717) is 30.0 Å². The summed E-state index contributed by atoms with van der Waals surface area (Å²) >= 11 is 0. The molecule has 0 bridgehead atoms. The van der Waals surface area contributed by atoms with Gasteiger partial charge in [0.2, 0.25) is 5.60 Å². The first-order valence-electron chi connectivity index (χ1n) is 15.7. The number of rotatable bonds is 11. The lowest BCUT2D eigenvalue weighted by molar-refractivity contribution is -0.152. The molecule has 1 saturated carbocycles. The fourth-order valence-corrected chi connectivity index (χ4v) is 7.68. The van der Waals surface area contributed by atoms with Crippen LogP contribution in [0.5, 0.6) is 5.75 Å². The topological polar surface area (TPSA) is 204 Å². The van der Waals surface area contributed by atoms with Crippen LogP contribution in [-0.4, -0.2) is 67.3 Å². The van der Waals surface area contributed by atoms with Crippen molar-refractivity contribution in [1.29, 1.82) is 5.26 Å². The molecule has 0 radical (unpaired) electrons. The van der Waals surface area contributed by atoms with Gasteiger partial charge < -0.3 is 29.9 Å². The number of aliphatic hydroxyl groups excluding tert-OH is 2. The molecular formula is C33H37N6O8P. The van der Waals surface area contributed by atoms with E-state index in [-0.39, 0.29) is 17.7 Å². The lowest BCUT2D eigenvalue weighted by Gasteiger charge is -2.30. The summed E-state index contributed by atoms with van der Waals surface area (Å²) in [7, 11) is -4.45. The Morgan fingerprint density at radius 3 is 2.50 bits per heavy atom. The van der Waals surface area contributed by atoms with E-state index >= 15 is 0 Å². The third-order valence-electron chi connectivity index (χ3n) is 8.79. The van der Waals surface area contributed by atoms with Crippen molar-refractivity contribution >= 4 is 25.1 Å². The largest absolute Gasteiger partial charge is 0.461 e. The highest BCUT2D eigenvalue weighted by Crippen LogP contribution is 2.48. The summed E-state index contributed by atoms with van der Waals surface area (Å²) in [6.07, 6.45) is -0.613. The molecule has 252 valence electrons. The lowest BCUT2D eigenvalue weighted by Crippen LogP contribution is -2.46. The van der Waals surface area contributed by atoms with E-state index in [2.05, 4.69) is 27.3 Å². The summed E-state index contributed by atoms with van der Waals surface area (Å²) in [4.78, 5) is 17.1. The van der Waals surface area contributed by atoms with E-state index < -0.39 is 50.3 Å². The summed E-state index contributed by atoms with van der Waals surface area (Å²) in [6.45, 7) is 0.662. The predicted octanol–water partition coefficient (Wildman–Crippen LogP) is 3.82. The minimum Gasteiger partial charge on any atom is -0.461 e. The second kappa shape index (κ2) is 14.0. The number of para-hydroxylation sites is 1. The van der Waals surface area contributed by atoms with Gasteiger partial charge >= 0.3 is 13.7 Å². The molecule has 1 aliphatic carbocycles. The van der Waals surface area contributed by atoms with Crippen molar-refractivity contribution < 1.29 is 38.1 Å². The van der Waals surface area contributed by atoms with Crippen LogP contribution in [0.25, 0.3) is 5.52 Å². The lowest BCUT2D eigenvalue weighted by atomic mass is 9.83. The Kier molecular flexibility index (Phi) is 9.80. The van der Waals surface area contributed by atoms with E-state index in [9.17, 15) is 24.8 Å². The Morgan fingerprint density at radius 1 is 1.12 bits per heavy atom. The first kappa shape index (κ1) is 33.5. The minimum absolute atomic E-state index is 0.155. The number of nitrogens with one attached hydrogen (secondary N) is 1. The maximum atomic E-state index is 14.2. The van der Waals surface area contributed by atoms with E-state index in [0.717, 1.165) is 12.8 Å². The van der Waals surface area contributed by atoms with Gasteiger partial charge in [0.15, 0.2) is 5.82 Å². The number of benzene rings is 2. The van der Waals surface area contributed by atoms with Crippen LogP contribution >= 0.6 is 7.75 Å². The number of aliphatic hydroxyl groups is 2. The Morgan fingerprint density at radius 2 is 1.81 bits per heavy atom. The molecule has 0 spiro atoms. The summed E-state index contributed by atoms with van der Waals surface area (Å²) in [5.41, 5.74) is 5.72. The smallest absolute Gasteiger partial charge is 0.459 e. The van der Waals surface area contributed by atoms with Crippen LogP contribution in [0.3, 0.4) is 0 Å². The fraction of sp³-hybridized carbons (Fsp3) is 0.394. The van der Waals surface area contributed by atoms with Crippen LogP contribution < -0.4 is 15.3 Å². The Balaban J connectivity index is 1.15. The maximum Gasteiger partial charge on any atom is 0.459 e. The second-order valence-electron chi connectivity index (χ2n) is 12.0. The Hall–Kier alpha value is -4.35. The van der Waals surface area contributed by atoms with Crippen LogP contribution in [0.4, 0.5) is 5.82 Å². The summed E-state index contributed by atoms with van der Waals surface area (Å²) in [5, 5.41) is 39.0. The molecule has 3 heterocycles. The average Bonchev–Trinajstić information content (AvgIpc) is 3.64. The van der Waals surface area contributed by atoms with Gasteiger partial charge in [-0.15, -0.1) is 0 Å². The van der Waals surface area contributed by atoms with Crippen LogP contribution in [0.2, 0.25) is 0 Å². The number of hydrogen-bond acceptors (Lipinski definition) is 12. The molecule has 1 aliphatic heterocycles. The Labute approximate surface area is 277 Å². The monoisotopic (exact) mass is 676 g/mol. The normalized spacial score (nSPS) is 27.5. The quantitative estimate of drug-likeness (QED) is 0.132. The molecule has 0 amide bonds. The number of ether oxygens (including phenoxy) is 2. The van der Waals surface area contributed by atoms with Crippen molar-refractivity contribution in [3.63, 3.8) is 0 Å². The molecule has 2 aromatic carbocycles. The highest BCUT2D eigenvalue weighted by molar-refractivity contribution is 7.52. The highest BCUT2D eigenvalue weighted by atomic mass is 31.2. The molecule has 6 atom stereocenters. The molecule has 15 heteroatoms. The number of esters is 1. The van der Waals surface area contributed by atoms with Crippen molar-refractivity contribution in [2.24, 2.45) is 0 Å². The van der Waals surface area contributed by atoms with Gasteiger partial charge in [0.05, 0.1) is 5.69 Å². The molecule has 1 saturated heterocycles. The third kappa shape index (κ3) is 6.93. The van der Waals surface area contributed by atoms with Crippen LogP contribution in [0.1, 0.15) is 55.9 Å². The van der Waals surface area contributed by atoms with Gasteiger partial charge in [0.25, 0.3) is 0 Å². The number of carbonyl (C=O) groups excluding carboxylic acids is 1. The van der Waals surface area contributed by atoms with Gasteiger partial charge in [-0.25, -0.2) is 14.1 Å². The van der Waals surface area contributed by atoms with Crippen LogP contribution in [-0.2, 0) is 23.4 Å². The third-order valence-corrected chi connectivity index (χ3v) is 10.4. The van der Waals surface area contributed by atoms with E-state index in [4.69, 9.17) is 24.3 Å². The van der Waals surface area contributed by atoms with Gasteiger partial charge in [0, 0.05) is 0 Å². The first-order valence-corrected chi connectivity index (χ1v) is 17.2. The van der Waals surface area contributed by atoms with Crippen molar-refractivity contribution in [2.75, 3.05) is 12.3 Å². The summed E-state index contributed by atoms with van der Waals surface area (Å²) < 4.78 is 38.8. The van der Waals surface area contributed by atoms with E-state index in [1.54, 1.807) is 30.3 Å². The van der Waals surface area contributed by atoms with Gasteiger partial charge in [-0.05, 0) is 68.4 Å². The number of nitriles is 1. The number of fused-ring (bicyclic) bond motifs is 1. The summed E-state index contributed by atoms with van der Waals surface area (Å²) in [6, 6.07) is 22.3. The zero-order valence-electron chi connectivity index (χ0n) is 26.2. The molecule has 1 unspecified atom stereocenters. The summed E-state index contributed by atoms with van der Waals surface area (Å²) in [5.74, 6) is 0.0763. The van der Waals surface area contributed by atoms with Crippen molar-refractivity contribution in [1.82, 2.24) is 19.7 Å². The van der Waals surface area contributed by atoms with E-state index in [1.807, 2.05) is 24.3 Å². The highest BCUT2D eigenvalue weighted by Gasteiger charge is 2.57. The fourth-order valence-electron chi connectivity index (χ4n) is 6.16. The van der Waals surface area contributed by atoms with Crippen molar-refractivity contribution in [2.45, 2.75) is 74.6 Å². The first-order chi connectivity index (χ1) is 23.1. The zero-order valence-corrected chi connectivity index (χ0v) is 27.1. The van der Waals surface area contributed by atoms with Gasteiger partial charge in [-0.2, -0.15) is 15.4 Å². The number of anilines is 1. The van der Waals surface area contributed by atoms with Crippen LogP contribution in [0, 0.1) is 11.3 Å². The second-order valence-corrected chi connectivity index (χ2v) is 13.7. The molecule has 4 aromatic rings. The van der Waals surface area contributed by atoms with Gasteiger partial charge in [0.1, 0.15) is 60.7 Å². The average molecular weight is 677 g/mol. The SMILES string of the molecule is C[C@H](NP(=O)(OC[C@@]1(C#N)O[C@@H](c2ccc3c(N)ncnn23)[C@H](O)[C@@H]1O)Oc1ccccc1)C(=O)OC1CCC(c2ccccc2)CC1. The molecule has 14 nitrogen and oxygen atoms in total. The molecule has 6 rings (SSSR count). The molecule has 2 fully saturated rings. The maximum absolute atomic E-state index is 14.2. The Bertz CT molecular complexity index is 1810. The standard InChI is InChI=1S/C33H37N6O8P/c1-21(32(42)45-24-14-12-23(13-15-24)22-8-4-2-5-9-22)38-48(43,47-25-10-6-3-7-11-25)44-19-33(18-34)30(41)28(40)29(46-33)26-16-17-27-31(35)36-20-37-39(26)27/h2-11,16-17,20-21,23-24,28-30,40-41H,12-15,19H2,1H3,(H,38,43)(H2,35,36,37)/t21-,23?,24?,28-,29-,30-,33+,48?/m0/s1. The van der Waals surface area contributed by atoms with Crippen LogP contribution in [0.15, 0.2) is 79.1 Å². The number of nitrogens with zero attached hydrogens (tertiary/aromatic N) is 4. The molecule has 2 aromatic heterocycles. The van der Waals surface area contributed by atoms with Crippen molar-refractivity contribution in [3.05, 3.63) is 90.4 Å². The molecule has 48 heavy (non-hydrogen) atoms. The van der Waals surface area contributed by atoms with Crippen molar-refractivity contribution in [3.8, 4) is 11.8 Å². The predicted molar refractivity (Wildman–Crippen MR) is 172 cm³/mol. The molecule has 2 aliphatic rings. The zero-order chi connectivity index (χ0) is 33.9. The number of nitrogens with two attached hydrogens (primary N) is 1. The molecule has 5 N–H and O–H groups in total. The molecular weight excluding hydrogens is 639 g/mol. The van der Waals surface area contributed by atoms with E-state index in [1.165, 1.54) is 35.5 Å². The number of aromatic nitrogens is 3. The number of hydrogen-bond donors (Lipinski definition) is 4. The number of carbonyl (C=O) groups is 1. The minimum atomic E-state index is -4.45.